The normalized spacial score (nSPS) is 20.1. The van der Waals surface area contributed by atoms with Crippen LogP contribution in [-0.2, 0) is 6.61 Å². The molecule has 1 fully saturated rings. The van der Waals surface area contributed by atoms with Crippen molar-refractivity contribution in [1.82, 2.24) is 0 Å². The molecule has 1 N–H and O–H groups in total. The molecule has 1 aliphatic rings. The van der Waals surface area contributed by atoms with Crippen molar-refractivity contribution >= 4 is 17.4 Å². The number of aliphatic hydroxyl groups is 1. The molecule has 2 rings (SSSR count). The highest BCUT2D eigenvalue weighted by Gasteiger charge is 2.21. The minimum absolute atomic E-state index is 0.114. The number of halogens is 1. The number of benzene rings is 1. The van der Waals surface area contributed by atoms with E-state index in [1.165, 1.54) is 17.9 Å². The SMILES string of the molecule is CN(c1ccc(F)cc1CO)C1CCSC1. The van der Waals surface area contributed by atoms with E-state index in [0.717, 1.165) is 17.9 Å². The topological polar surface area (TPSA) is 23.5 Å². The number of thioether (sulfide) groups is 1. The summed E-state index contributed by atoms with van der Waals surface area (Å²) in [5.41, 5.74) is 1.61. The van der Waals surface area contributed by atoms with Crippen molar-refractivity contribution in [2.75, 3.05) is 23.5 Å². The van der Waals surface area contributed by atoms with Crippen LogP contribution in [-0.4, -0.2) is 29.7 Å². The lowest BCUT2D eigenvalue weighted by molar-refractivity contribution is 0.281. The van der Waals surface area contributed by atoms with Crippen LogP contribution in [0.1, 0.15) is 12.0 Å². The molecule has 0 bridgehead atoms. The Morgan fingerprint density at radius 2 is 2.38 bits per heavy atom. The molecular formula is C12H16FNOS. The Balaban J connectivity index is 2.24. The van der Waals surface area contributed by atoms with Gasteiger partial charge in [0.1, 0.15) is 5.82 Å². The molecule has 1 aliphatic heterocycles. The smallest absolute Gasteiger partial charge is 0.123 e. The van der Waals surface area contributed by atoms with Crippen LogP contribution in [0.3, 0.4) is 0 Å². The molecule has 0 aliphatic carbocycles. The summed E-state index contributed by atoms with van der Waals surface area (Å²) in [4.78, 5) is 2.16. The zero-order chi connectivity index (χ0) is 11.5. The first-order chi connectivity index (χ1) is 7.72. The Kier molecular flexibility index (Phi) is 3.71. The quantitative estimate of drug-likeness (QED) is 0.878. The highest BCUT2D eigenvalue weighted by molar-refractivity contribution is 7.99. The van der Waals surface area contributed by atoms with E-state index in [0.29, 0.717) is 11.6 Å². The number of hydrogen-bond acceptors (Lipinski definition) is 3. The zero-order valence-corrected chi connectivity index (χ0v) is 10.1. The average molecular weight is 241 g/mol. The minimum Gasteiger partial charge on any atom is -0.392 e. The average Bonchev–Trinajstić information content (AvgIpc) is 2.81. The maximum absolute atomic E-state index is 13.0. The fraction of sp³-hybridized carbons (Fsp3) is 0.500. The highest BCUT2D eigenvalue weighted by atomic mass is 32.2. The summed E-state index contributed by atoms with van der Waals surface area (Å²) < 4.78 is 13.0. The van der Waals surface area contributed by atoms with Gasteiger partial charge in [0.25, 0.3) is 0 Å². The number of nitrogens with zero attached hydrogens (tertiary/aromatic N) is 1. The van der Waals surface area contributed by atoms with Gasteiger partial charge in [-0.2, -0.15) is 11.8 Å². The maximum atomic E-state index is 13.0. The molecule has 1 atom stereocenters. The van der Waals surface area contributed by atoms with Crippen molar-refractivity contribution in [2.45, 2.75) is 19.1 Å². The van der Waals surface area contributed by atoms with Crippen LogP contribution >= 0.6 is 11.8 Å². The van der Waals surface area contributed by atoms with E-state index in [9.17, 15) is 9.50 Å². The first-order valence-corrected chi connectivity index (χ1v) is 6.57. The Bertz CT molecular complexity index is 366. The monoisotopic (exact) mass is 241 g/mol. The molecule has 0 saturated carbocycles. The van der Waals surface area contributed by atoms with Crippen LogP contribution < -0.4 is 4.90 Å². The largest absolute Gasteiger partial charge is 0.392 e. The molecule has 1 saturated heterocycles. The van der Waals surface area contributed by atoms with Gasteiger partial charge in [0.15, 0.2) is 0 Å². The van der Waals surface area contributed by atoms with Crippen molar-refractivity contribution in [2.24, 2.45) is 0 Å². The fourth-order valence-corrected chi connectivity index (χ4v) is 3.32. The molecule has 88 valence electrons. The molecular weight excluding hydrogens is 225 g/mol. The first kappa shape index (κ1) is 11.7. The van der Waals surface area contributed by atoms with Crippen molar-refractivity contribution in [1.29, 1.82) is 0 Å². The Labute approximate surface area is 99.5 Å². The summed E-state index contributed by atoms with van der Waals surface area (Å²) in [6, 6.07) is 5.12. The van der Waals surface area contributed by atoms with Crippen LogP contribution in [0.15, 0.2) is 18.2 Å². The lowest BCUT2D eigenvalue weighted by atomic mass is 10.1. The molecule has 16 heavy (non-hydrogen) atoms. The second-order valence-electron chi connectivity index (χ2n) is 4.06. The summed E-state index contributed by atoms with van der Waals surface area (Å²) in [6.45, 7) is -0.114. The molecule has 2 nitrogen and oxygen atoms in total. The third kappa shape index (κ3) is 2.33. The standard InChI is InChI=1S/C12H16FNOS/c1-14(11-4-5-16-8-11)12-3-2-10(13)6-9(12)7-15/h2-3,6,11,15H,4-5,7-8H2,1H3. The van der Waals surface area contributed by atoms with E-state index in [4.69, 9.17) is 0 Å². The molecule has 1 aromatic rings. The van der Waals surface area contributed by atoms with Crippen LogP contribution in [0.4, 0.5) is 10.1 Å². The van der Waals surface area contributed by atoms with Gasteiger partial charge in [0.2, 0.25) is 0 Å². The second-order valence-corrected chi connectivity index (χ2v) is 5.21. The molecule has 0 spiro atoms. The lowest BCUT2D eigenvalue weighted by Crippen LogP contribution is -2.32. The van der Waals surface area contributed by atoms with E-state index in [-0.39, 0.29) is 12.4 Å². The van der Waals surface area contributed by atoms with Crippen molar-refractivity contribution in [3.63, 3.8) is 0 Å². The molecule has 0 aromatic heterocycles. The van der Waals surface area contributed by atoms with E-state index >= 15 is 0 Å². The molecule has 4 heteroatoms. The molecule has 1 heterocycles. The van der Waals surface area contributed by atoms with Gasteiger partial charge in [-0.05, 0) is 30.4 Å². The van der Waals surface area contributed by atoms with Crippen molar-refractivity contribution < 1.29 is 9.50 Å². The van der Waals surface area contributed by atoms with E-state index < -0.39 is 0 Å². The zero-order valence-electron chi connectivity index (χ0n) is 9.32. The van der Waals surface area contributed by atoms with Crippen LogP contribution in [0.25, 0.3) is 0 Å². The number of aliphatic hydroxyl groups excluding tert-OH is 1. The number of hydrogen-bond donors (Lipinski definition) is 1. The molecule has 0 amide bonds. The van der Waals surface area contributed by atoms with Crippen molar-refractivity contribution in [3.05, 3.63) is 29.6 Å². The predicted octanol–water partition coefficient (Wildman–Crippen LogP) is 2.26. The predicted molar refractivity (Wildman–Crippen MR) is 66.5 cm³/mol. The molecule has 1 aromatic carbocycles. The number of rotatable bonds is 3. The third-order valence-corrected chi connectivity index (χ3v) is 4.19. The van der Waals surface area contributed by atoms with Gasteiger partial charge >= 0.3 is 0 Å². The Hall–Kier alpha value is -0.740. The fourth-order valence-electron chi connectivity index (χ4n) is 2.05. The van der Waals surface area contributed by atoms with Gasteiger partial charge in [-0.3, -0.25) is 0 Å². The van der Waals surface area contributed by atoms with Crippen LogP contribution in [0.5, 0.6) is 0 Å². The van der Waals surface area contributed by atoms with Gasteiger partial charge in [-0.25, -0.2) is 4.39 Å². The van der Waals surface area contributed by atoms with E-state index in [1.54, 1.807) is 6.07 Å². The highest BCUT2D eigenvalue weighted by Crippen LogP contribution is 2.28. The first-order valence-electron chi connectivity index (χ1n) is 5.42. The van der Waals surface area contributed by atoms with Crippen molar-refractivity contribution in [3.8, 4) is 0 Å². The minimum atomic E-state index is -0.290. The van der Waals surface area contributed by atoms with Gasteiger partial charge < -0.3 is 10.0 Å². The van der Waals surface area contributed by atoms with Gasteiger partial charge in [-0.1, -0.05) is 0 Å². The van der Waals surface area contributed by atoms with Crippen LogP contribution in [0.2, 0.25) is 0 Å². The summed E-state index contributed by atoms with van der Waals surface area (Å²) in [5, 5.41) is 9.24. The summed E-state index contributed by atoms with van der Waals surface area (Å²) in [7, 11) is 2.02. The molecule has 0 radical (unpaired) electrons. The van der Waals surface area contributed by atoms with Gasteiger partial charge in [0.05, 0.1) is 6.61 Å². The van der Waals surface area contributed by atoms with Gasteiger partial charge in [-0.15, -0.1) is 0 Å². The summed E-state index contributed by atoms with van der Waals surface area (Å²) in [6.07, 6.45) is 1.16. The van der Waals surface area contributed by atoms with E-state index in [2.05, 4.69) is 4.90 Å². The Morgan fingerprint density at radius 3 is 3.00 bits per heavy atom. The Morgan fingerprint density at radius 1 is 1.56 bits per heavy atom. The van der Waals surface area contributed by atoms with Crippen LogP contribution in [0, 0.1) is 5.82 Å². The summed E-state index contributed by atoms with van der Waals surface area (Å²) >= 11 is 1.94. The maximum Gasteiger partial charge on any atom is 0.123 e. The van der Waals surface area contributed by atoms with Gasteiger partial charge in [0, 0.05) is 30.1 Å². The third-order valence-electron chi connectivity index (χ3n) is 3.05. The van der Waals surface area contributed by atoms with E-state index in [1.807, 2.05) is 18.8 Å². The number of anilines is 1. The lowest BCUT2D eigenvalue weighted by Gasteiger charge is -2.27. The molecule has 1 unspecified atom stereocenters. The summed E-state index contributed by atoms with van der Waals surface area (Å²) in [5.74, 6) is 2.01. The second kappa shape index (κ2) is 5.06.